The van der Waals surface area contributed by atoms with E-state index in [9.17, 15) is 4.79 Å². The number of hydrogen-bond donors (Lipinski definition) is 3. The summed E-state index contributed by atoms with van der Waals surface area (Å²) in [7, 11) is 0. The molecule has 1 aliphatic rings. The summed E-state index contributed by atoms with van der Waals surface area (Å²) in [6.45, 7) is 8.49. The minimum atomic E-state index is -0.667. The van der Waals surface area contributed by atoms with Crippen LogP contribution < -0.4 is 11.1 Å². The lowest BCUT2D eigenvalue weighted by atomic mass is 9.79. The van der Waals surface area contributed by atoms with E-state index in [0.29, 0.717) is 6.42 Å². The van der Waals surface area contributed by atoms with Gasteiger partial charge in [0.1, 0.15) is 5.54 Å². The highest BCUT2D eigenvalue weighted by molar-refractivity contribution is 5.94. The molecule has 0 radical (unpaired) electrons. The maximum absolute atomic E-state index is 12.4. The van der Waals surface area contributed by atoms with Gasteiger partial charge in [0.05, 0.1) is 0 Å². The maximum atomic E-state index is 12.4. The van der Waals surface area contributed by atoms with Crippen LogP contribution in [0.25, 0.3) is 0 Å². The van der Waals surface area contributed by atoms with E-state index in [4.69, 9.17) is 10.9 Å². The van der Waals surface area contributed by atoms with Gasteiger partial charge in [0, 0.05) is 6.42 Å². The van der Waals surface area contributed by atoms with Crippen molar-refractivity contribution >= 4 is 11.7 Å². The second-order valence-corrected chi connectivity index (χ2v) is 7.50. The summed E-state index contributed by atoms with van der Waals surface area (Å²) in [5.41, 5.74) is 5.32. The molecule has 1 fully saturated rings. The molecule has 1 aliphatic carbocycles. The average Bonchev–Trinajstić information content (AvgIpc) is 2.63. The highest BCUT2D eigenvalue weighted by Crippen LogP contribution is 2.30. The Morgan fingerprint density at radius 1 is 1.29 bits per heavy atom. The Morgan fingerprint density at radius 3 is 2.24 bits per heavy atom. The fourth-order valence-electron chi connectivity index (χ4n) is 2.78. The smallest absolute Gasteiger partial charge is 0.221 e. The van der Waals surface area contributed by atoms with E-state index in [0.717, 1.165) is 38.5 Å². The Bertz CT molecular complexity index is 377. The van der Waals surface area contributed by atoms with Crippen molar-refractivity contribution in [2.45, 2.75) is 78.2 Å². The number of nitrogens with zero attached hydrogens (tertiary/aromatic N) is 1. The van der Waals surface area contributed by atoms with Crippen LogP contribution in [0.1, 0.15) is 72.6 Å². The Hall–Kier alpha value is -1.26. The third-order valence-electron chi connectivity index (χ3n) is 4.90. The van der Waals surface area contributed by atoms with Gasteiger partial charge >= 0.3 is 0 Å². The van der Waals surface area contributed by atoms with Crippen LogP contribution in [0.2, 0.25) is 0 Å². The lowest BCUT2D eigenvalue weighted by molar-refractivity contribution is -0.124. The molecule has 0 saturated heterocycles. The highest BCUT2D eigenvalue weighted by Gasteiger charge is 2.37. The molecule has 0 aliphatic heterocycles. The Kier molecular flexibility index (Phi) is 6.05. The molecule has 1 saturated carbocycles. The first kappa shape index (κ1) is 17.8. The summed E-state index contributed by atoms with van der Waals surface area (Å²) in [6, 6.07) is 0. The molecule has 5 heteroatoms. The predicted octanol–water partition coefficient (Wildman–Crippen LogP) is 3.01. The van der Waals surface area contributed by atoms with E-state index < -0.39 is 5.54 Å². The standard InChI is InChI=1S/C16H31N3O2/c1-12(15(2,3)4)11-13(20)18-16(14(17)19-21)9-7-5-6-8-10-16/h12,21H,5-11H2,1-4H3,(H2,17,19)(H,18,20). The SMILES string of the molecule is CC(CC(=O)NC1(C(N)=NO)CCCCCC1)C(C)(C)C. The third kappa shape index (κ3) is 4.90. The zero-order valence-corrected chi connectivity index (χ0v) is 13.9. The van der Waals surface area contributed by atoms with E-state index in [1.54, 1.807) is 0 Å². The van der Waals surface area contributed by atoms with Gasteiger partial charge in [0.25, 0.3) is 0 Å². The van der Waals surface area contributed by atoms with Crippen molar-refractivity contribution in [3.8, 4) is 0 Å². The van der Waals surface area contributed by atoms with Crippen LogP contribution in [-0.2, 0) is 4.79 Å². The number of nitrogens with one attached hydrogen (secondary N) is 1. The van der Waals surface area contributed by atoms with Gasteiger partial charge in [0.15, 0.2) is 5.84 Å². The summed E-state index contributed by atoms with van der Waals surface area (Å²) in [4.78, 5) is 12.4. The maximum Gasteiger partial charge on any atom is 0.221 e. The lowest BCUT2D eigenvalue weighted by Crippen LogP contribution is -2.57. The van der Waals surface area contributed by atoms with Gasteiger partial charge in [-0.05, 0) is 24.2 Å². The number of carbonyl (C=O) groups is 1. The minimum Gasteiger partial charge on any atom is -0.409 e. The number of carbonyl (C=O) groups excluding carboxylic acids is 1. The van der Waals surface area contributed by atoms with E-state index in [2.05, 4.69) is 38.2 Å². The van der Waals surface area contributed by atoms with E-state index in [1.807, 2.05) is 0 Å². The van der Waals surface area contributed by atoms with Gasteiger partial charge in [-0.25, -0.2) is 0 Å². The quantitative estimate of drug-likeness (QED) is 0.245. The Morgan fingerprint density at radius 2 is 1.81 bits per heavy atom. The van der Waals surface area contributed by atoms with Gasteiger partial charge in [-0.2, -0.15) is 0 Å². The van der Waals surface area contributed by atoms with Crippen LogP contribution in [0.15, 0.2) is 5.16 Å². The van der Waals surface area contributed by atoms with Crippen LogP contribution in [0, 0.1) is 11.3 Å². The van der Waals surface area contributed by atoms with E-state index >= 15 is 0 Å². The zero-order valence-electron chi connectivity index (χ0n) is 13.9. The lowest BCUT2D eigenvalue weighted by Gasteiger charge is -2.34. The Balaban J connectivity index is 2.80. The van der Waals surface area contributed by atoms with Gasteiger partial charge in [-0.1, -0.05) is 58.5 Å². The number of amides is 1. The molecule has 0 aromatic carbocycles. The summed E-state index contributed by atoms with van der Waals surface area (Å²) in [5.74, 6) is 0.403. The number of nitrogens with two attached hydrogens (primary N) is 1. The molecule has 4 N–H and O–H groups in total. The normalized spacial score (nSPS) is 21.4. The van der Waals surface area contributed by atoms with Gasteiger partial charge < -0.3 is 16.3 Å². The van der Waals surface area contributed by atoms with Gasteiger partial charge in [-0.3, -0.25) is 4.79 Å². The fraction of sp³-hybridized carbons (Fsp3) is 0.875. The van der Waals surface area contributed by atoms with Crippen molar-refractivity contribution in [3.05, 3.63) is 0 Å². The summed E-state index contributed by atoms with van der Waals surface area (Å²) < 4.78 is 0. The highest BCUT2D eigenvalue weighted by atomic mass is 16.4. The average molecular weight is 297 g/mol. The summed E-state index contributed by atoms with van der Waals surface area (Å²) in [6.07, 6.45) is 6.21. The molecule has 0 aromatic rings. The van der Waals surface area contributed by atoms with Crippen LogP contribution in [0.5, 0.6) is 0 Å². The third-order valence-corrected chi connectivity index (χ3v) is 4.90. The minimum absolute atomic E-state index is 0.00840. The topological polar surface area (TPSA) is 87.7 Å². The fourth-order valence-corrected chi connectivity index (χ4v) is 2.78. The second-order valence-electron chi connectivity index (χ2n) is 7.50. The molecule has 1 rings (SSSR count). The first-order valence-electron chi connectivity index (χ1n) is 8.00. The van der Waals surface area contributed by atoms with E-state index in [1.165, 1.54) is 0 Å². The van der Waals surface area contributed by atoms with Crippen molar-refractivity contribution in [1.82, 2.24) is 5.32 Å². The van der Waals surface area contributed by atoms with Crippen LogP contribution in [-0.4, -0.2) is 22.5 Å². The number of oxime groups is 1. The molecule has 5 nitrogen and oxygen atoms in total. The van der Waals surface area contributed by atoms with Gasteiger partial charge in [-0.15, -0.1) is 0 Å². The first-order valence-corrected chi connectivity index (χ1v) is 8.00. The number of rotatable bonds is 4. The van der Waals surface area contributed by atoms with Crippen LogP contribution >= 0.6 is 0 Å². The molecule has 1 unspecified atom stereocenters. The molecule has 1 atom stereocenters. The summed E-state index contributed by atoms with van der Waals surface area (Å²) in [5, 5.41) is 15.3. The molecular formula is C16H31N3O2. The zero-order chi connectivity index (χ0) is 16.1. The van der Waals surface area contributed by atoms with Crippen LogP contribution in [0.3, 0.4) is 0 Å². The van der Waals surface area contributed by atoms with Crippen molar-refractivity contribution in [2.24, 2.45) is 22.2 Å². The van der Waals surface area contributed by atoms with E-state index in [-0.39, 0.29) is 23.1 Å². The molecule has 21 heavy (non-hydrogen) atoms. The molecule has 0 bridgehead atoms. The largest absolute Gasteiger partial charge is 0.409 e. The summed E-state index contributed by atoms with van der Waals surface area (Å²) >= 11 is 0. The van der Waals surface area contributed by atoms with Crippen molar-refractivity contribution in [1.29, 1.82) is 0 Å². The Labute approximate surface area is 128 Å². The van der Waals surface area contributed by atoms with Gasteiger partial charge in [0.2, 0.25) is 5.91 Å². The molecular weight excluding hydrogens is 266 g/mol. The molecule has 1 amide bonds. The second kappa shape index (κ2) is 7.14. The molecule has 122 valence electrons. The van der Waals surface area contributed by atoms with Crippen molar-refractivity contribution < 1.29 is 10.0 Å². The number of amidine groups is 1. The molecule has 0 aromatic heterocycles. The molecule has 0 heterocycles. The monoisotopic (exact) mass is 297 g/mol. The number of hydrogen-bond acceptors (Lipinski definition) is 3. The predicted molar refractivity (Wildman–Crippen MR) is 85.2 cm³/mol. The van der Waals surface area contributed by atoms with Crippen molar-refractivity contribution in [3.63, 3.8) is 0 Å². The first-order chi connectivity index (χ1) is 9.71. The van der Waals surface area contributed by atoms with Crippen molar-refractivity contribution in [2.75, 3.05) is 0 Å². The van der Waals surface area contributed by atoms with Crippen LogP contribution in [0.4, 0.5) is 0 Å². The molecule has 0 spiro atoms.